The molecule has 4 heterocycles. The molecule has 0 radical (unpaired) electrons. The van der Waals surface area contributed by atoms with Crippen molar-refractivity contribution >= 4 is 40.8 Å². The molecule has 0 unspecified atom stereocenters. The Kier molecular flexibility index (Phi) is 11.6. The van der Waals surface area contributed by atoms with Crippen LogP contribution < -0.4 is 10.6 Å². The third-order valence-corrected chi connectivity index (χ3v) is 13.7. The second-order valence-electron chi connectivity index (χ2n) is 16.7. The molecular formula is C44H55ClN8O4. The van der Waals surface area contributed by atoms with Gasteiger partial charge >= 0.3 is 5.97 Å². The molecule has 2 aromatic heterocycles. The summed E-state index contributed by atoms with van der Waals surface area (Å²) in [5.74, 6) is -0.108. The van der Waals surface area contributed by atoms with Crippen LogP contribution >= 0.6 is 11.6 Å². The molecule has 0 saturated heterocycles. The van der Waals surface area contributed by atoms with Gasteiger partial charge in [0.05, 0.1) is 28.0 Å². The van der Waals surface area contributed by atoms with Crippen LogP contribution in [0.2, 0.25) is 5.02 Å². The molecule has 3 N–H and O–H groups in total. The number of aromatic nitrogens is 4. The molecule has 0 atom stereocenters. The highest BCUT2D eigenvalue weighted by Crippen LogP contribution is 2.38. The molecule has 13 heteroatoms. The van der Waals surface area contributed by atoms with Crippen molar-refractivity contribution in [1.29, 1.82) is 0 Å². The van der Waals surface area contributed by atoms with Crippen LogP contribution in [0.5, 0.6) is 0 Å². The summed E-state index contributed by atoms with van der Waals surface area (Å²) in [6.45, 7) is 6.28. The van der Waals surface area contributed by atoms with Crippen LogP contribution in [0.4, 0.5) is 11.4 Å². The van der Waals surface area contributed by atoms with Crippen LogP contribution in [0.3, 0.4) is 0 Å². The van der Waals surface area contributed by atoms with Crippen LogP contribution in [0.15, 0.2) is 36.4 Å². The number of carbonyl (C=O) groups excluding carboxylic acids is 2. The summed E-state index contributed by atoms with van der Waals surface area (Å²) < 4.78 is 3.85. The predicted octanol–water partition coefficient (Wildman–Crippen LogP) is 7.62. The molecule has 2 amide bonds. The number of rotatable bonds is 10. The van der Waals surface area contributed by atoms with Gasteiger partial charge in [-0.2, -0.15) is 0 Å². The highest BCUT2D eigenvalue weighted by Gasteiger charge is 2.31. The van der Waals surface area contributed by atoms with Crippen molar-refractivity contribution in [3.8, 4) is 11.1 Å². The maximum Gasteiger partial charge on any atom is 0.306 e. The maximum atomic E-state index is 13.8. The van der Waals surface area contributed by atoms with Crippen LogP contribution in [-0.4, -0.2) is 77.5 Å². The van der Waals surface area contributed by atoms with Gasteiger partial charge in [-0.15, -0.1) is 0 Å². The van der Waals surface area contributed by atoms with Crippen LogP contribution in [-0.2, 0) is 44.8 Å². The summed E-state index contributed by atoms with van der Waals surface area (Å²) in [5, 5.41) is 15.9. The standard InChI is InChI=1S/C44H55ClN8O4/c1-27-31(11-7-13-33(27)48-42(54)40-47-36-26-53(24-21-38(36)51(40)3)30-9-5-4-6-10-30)32-12-8-14-34(39(32)45)49-43(55)41-46-35-25-52(23-20-37(35)50(41)2)22-19-28-15-17-29(18-16-28)44(56)57/h7-8,11-14,28-30H,4-6,9-10,15-26H2,1-3H3,(H,48,54)(H,49,55)(H,56,57)/t28-,29-. The first-order chi connectivity index (χ1) is 27.5. The minimum absolute atomic E-state index is 0.190. The Morgan fingerprint density at radius 2 is 1.37 bits per heavy atom. The molecule has 4 aliphatic rings. The van der Waals surface area contributed by atoms with Gasteiger partial charge in [-0.25, -0.2) is 9.97 Å². The molecule has 2 aliphatic carbocycles. The number of carbonyl (C=O) groups is 3. The number of nitrogens with one attached hydrogen (secondary N) is 2. The predicted molar refractivity (Wildman–Crippen MR) is 222 cm³/mol. The number of carboxylic acids is 1. The summed E-state index contributed by atoms with van der Waals surface area (Å²) in [5.41, 5.74) is 7.73. The van der Waals surface area contributed by atoms with Crippen molar-refractivity contribution in [3.63, 3.8) is 0 Å². The van der Waals surface area contributed by atoms with Crippen LogP contribution in [0.25, 0.3) is 11.1 Å². The first kappa shape index (κ1) is 39.3. The highest BCUT2D eigenvalue weighted by atomic mass is 35.5. The number of amides is 2. The molecule has 2 aliphatic heterocycles. The number of anilines is 2. The number of fused-ring (bicyclic) bond motifs is 2. The van der Waals surface area contributed by atoms with Gasteiger partial charge in [0.25, 0.3) is 11.8 Å². The molecule has 2 saturated carbocycles. The second kappa shape index (κ2) is 16.8. The van der Waals surface area contributed by atoms with E-state index in [2.05, 4.69) is 20.4 Å². The largest absolute Gasteiger partial charge is 0.481 e. The van der Waals surface area contributed by atoms with E-state index in [0.29, 0.717) is 46.6 Å². The number of halogens is 1. The second-order valence-corrected chi connectivity index (χ2v) is 17.1. The molecule has 0 bridgehead atoms. The van der Waals surface area contributed by atoms with Crippen molar-refractivity contribution in [2.24, 2.45) is 25.9 Å². The van der Waals surface area contributed by atoms with Gasteiger partial charge in [0, 0.05) is 81.8 Å². The quantitative estimate of drug-likeness (QED) is 0.149. The number of hydrogen-bond acceptors (Lipinski definition) is 7. The number of aliphatic carboxylic acids is 1. The summed E-state index contributed by atoms with van der Waals surface area (Å²) >= 11 is 7.05. The third kappa shape index (κ3) is 8.13. The van der Waals surface area contributed by atoms with E-state index in [9.17, 15) is 19.5 Å². The van der Waals surface area contributed by atoms with Crippen LogP contribution in [0, 0.1) is 18.8 Å². The van der Waals surface area contributed by atoms with E-state index >= 15 is 0 Å². The van der Waals surface area contributed by atoms with E-state index in [1.807, 2.05) is 60.5 Å². The summed E-state index contributed by atoms with van der Waals surface area (Å²) in [6, 6.07) is 11.9. The Bertz CT molecular complexity index is 2160. The van der Waals surface area contributed by atoms with Gasteiger partial charge in [0.15, 0.2) is 11.6 Å². The fraction of sp³-hybridized carbons (Fsp3) is 0.523. The normalized spacial score (nSPS) is 20.5. The zero-order valence-electron chi connectivity index (χ0n) is 33.5. The minimum Gasteiger partial charge on any atom is -0.481 e. The molecule has 12 nitrogen and oxygen atoms in total. The Morgan fingerprint density at radius 3 is 2.04 bits per heavy atom. The monoisotopic (exact) mass is 794 g/mol. The van der Waals surface area contributed by atoms with E-state index in [4.69, 9.17) is 21.6 Å². The third-order valence-electron chi connectivity index (χ3n) is 13.3. The zero-order valence-corrected chi connectivity index (χ0v) is 34.2. The number of benzene rings is 2. The molecular weight excluding hydrogens is 740 g/mol. The van der Waals surface area contributed by atoms with Crippen molar-refractivity contribution in [1.82, 2.24) is 28.9 Å². The van der Waals surface area contributed by atoms with E-state index < -0.39 is 5.97 Å². The van der Waals surface area contributed by atoms with E-state index in [-0.39, 0.29) is 17.7 Å². The Balaban J connectivity index is 0.921. The Hall–Kier alpha value is -4.52. The van der Waals surface area contributed by atoms with E-state index in [1.54, 1.807) is 6.07 Å². The lowest BCUT2D eigenvalue weighted by molar-refractivity contribution is -0.143. The first-order valence-electron chi connectivity index (χ1n) is 20.8. The lowest BCUT2D eigenvalue weighted by atomic mass is 9.80. The Morgan fingerprint density at radius 1 is 0.772 bits per heavy atom. The number of hydrogen-bond donors (Lipinski definition) is 3. The number of carboxylic acid groups (broad SMARTS) is 1. The minimum atomic E-state index is -0.663. The van der Waals surface area contributed by atoms with Gasteiger partial charge < -0.3 is 24.9 Å². The smallest absolute Gasteiger partial charge is 0.306 e. The maximum absolute atomic E-state index is 13.8. The van der Waals surface area contributed by atoms with Crippen molar-refractivity contribution in [2.45, 2.75) is 103 Å². The van der Waals surface area contributed by atoms with Gasteiger partial charge in [0.1, 0.15) is 0 Å². The highest BCUT2D eigenvalue weighted by molar-refractivity contribution is 6.36. The van der Waals surface area contributed by atoms with E-state index in [1.165, 1.54) is 32.1 Å². The molecule has 2 fully saturated rings. The summed E-state index contributed by atoms with van der Waals surface area (Å²) in [6.07, 6.45) is 12.7. The molecule has 8 rings (SSSR count). The lowest BCUT2D eigenvalue weighted by Crippen LogP contribution is -2.40. The first-order valence-corrected chi connectivity index (χ1v) is 21.2. The molecule has 4 aromatic rings. The lowest BCUT2D eigenvalue weighted by Gasteiger charge is -2.36. The zero-order chi connectivity index (χ0) is 39.8. The van der Waals surface area contributed by atoms with Gasteiger partial charge in [0.2, 0.25) is 0 Å². The number of imidazole rings is 2. The molecule has 57 heavy (non-hydrogen) atoms. The van der Waals surface area contributed by atoms with Gasteiger partial charge in [-0.05, 0) is 87.6 Å². The fourth-order valence-electron chi connectivity index (χ4n) is 9.80. The van der Waals surface area contributed by atoms with Crippen LogP contribution in [0.1, 0.15) is 114 Å². The Labute approximate surface area is 340 Å². The molecule has 302 valence electrons. The SMILES string of the molecule is Cc1c(NC(=O)c2nc3c(n2C)CCN(C2CCCCC2)C3)cccc1-c1cccc(NC(=O)c2nc3c(n2C)CCN(CC[C@H]2CC[C@H](C(=O)O)CC2)C3)c1Cl. The van der Waals surface area contributed by atoms with Gasteiger partial charge in [-0.1, -0.05) is 55.1 Å². The van der Waals surface area contributed by atoms with Crippen molar-refractivity contribution < 1.29 is 19.5 Å². The molecule has 0 spiro atoms. The number of nitrogens with zero attached hydrogens (tertiary/aromatic N) is 6. The fourth-order valence-corrected chi connectivity index (χ4v) is 10.1. The van der Waals surface area contributed by atoms with E-state index in [0.717, 1.165) is 111 Å². The average Bonchev–Trinajstić information content (AvgIpc) is 3.74. The summed E-state index contributed by atoms with van der Waals surface area (Å²) in [7, 11) is 3.83. The van der Waals surface area contributed by atoms with Crippen molar-refractivity contribution in [2.75, 3.05) is 30.3 Å². The molecule has 2 aromatic carbocycles. The topological polar surface area (TPSA) is 138 Å². The summed E-state index contributed by atoms with van der Waals surface area (Å²) in [4.78, 5) is 53.5. The van der Waals surface area contributed by atoms with Gasteiger partial charge in [-0.3, -0.25) is 24.2 Å². The van der Waals surface area contributed by atoms with Crippen molar-refractivity contribution in [3.05, 3.63) is 81.4 Å². The average molecular weight is 795 g/mol.